The maximum Gasteiger partial charge on any atom is 0.227 e. The van der Waals surface area contributed by atoms with E-state index < -0.39 is 0 Å². The van der Waals surface area contributed by atoms with E-state index in [1.54, 1.807) is 7.11 Å². The fraction of sp³-hybridized carbons (Fsp3) is 0.458. The smallest absolute Gasteiger partial charge is 0.227 e. The van der Waals surface area contributed by atoms with Gasteiger partial charge in [0.05, 0.1) is 13.5 Å². The maximum absolute atomic E-state index is 12.9. The van der Waals surface area contributed by atoms with Crippen LogP contribution in [0.2, 0.25) is 0 Å². The molecule has 0 aromatic heterocycles. The van der Waals surface area contributed by atoms with Gasteiger partial charge in [-0.3, -0.25) is 4.79 Å². The standard InChI is InChI=1S/C24H30N2O2/c1-28-23-11-9-22(10-12-23)25-13-4-14-26(16-15-25)24(27)18-19-7-8-20-5-2-3-6-21(20)17-19/h7-12,17H,2-6,13-16,18H2,1H3. The van der Waals surface area contributed by atoms with Crippen LogP contribution < -0.4 is 9.64 Å². The number of fused-ring (bicyclic) bond motifs is 1. The molecule has 4 nitrogen and oxygen atoms in total. The van der Waals surface area contributed by atoms with Gasteiger partial charge in [0.25, 0.3) is 0 Å². The minimum Gasteiger partial charge on any atom is -0.497 e. The maximum atomic E-state index is 12.9. The summed E-state index contributed by atoms with van der Waals surface area (Å²) in [5.74, 6) is 1.13. The molecule has 0 bridgehead atoms. The Morgan fingerprint density at radius 1 is 0.893 bits per heavy atom. The van der Waals surface area contributed by atoms with Crippen LogP contribution in [0.5, 0.6) is 5.75 Å². The quantitative estimate of drug-likeness (QED) is 0.810. The molecule has 2 aromatic carbocycles. The number of aryl methyl sites for hydroxylation is 2. The van der Waals surface area contributed by atoms with Crippen molar-refractivity contribution in [1.29, 1.82) is 0 Å². The van der Waals surface area contributed by atoms with E-state index in [1.165, 1.54) is 41.6 Å². The van der Waals surface area contributed by atoms with E-state index >= 15 is 0 Å². The predicted octanol–water partition coefficient (Wildman–Crippen LogP) is 3.86. The minimum absolute atomic E-state index is 0.257. The van der Waals surface area contributed by atoms with Gasteiger partial charge in [0, 0.05) is 31.9 Å². The molecule has 4 heteroatoms. The topological polar surface area (TPSA) is 32.8 Å². The summed E-state index contributed by atoms with van der Waals surface area (Å²) in [5, 5.41) is 0. The van der Waals surface area contributed by atoms with Gasteiger partial charge in [-0.15, -0.1) is 0 Å². The molecule has 28 heavy (non-hydrogen) atoms. The van der Waals surface area contributed by atoms with Crippen LogP contribution >= 0.6 is 0 Å². The summed E-state index contributed by atoms with van der Waals surface area (Å²) in [6, 6.07) is 14.9. The Balaban J connectivity index is 1.36. The number of methoxy groups -OCH3 is 1. The summed E-state index contributed by atoms with van der Waals surface area (Å²) < 4.78 is 5.25. The normalized spacial score (nSPS) is 17.0. The van der Waals surface area contributed by atoms with Crippen molar-refractivity contribution < 1.29 is 9.53 Å². The molecule has 0 atom stereocenters. The second-order valence-electron chi connectivity index (χ2n) is 7.91. The lowest BCUT2D eigenvalue weighted by Gasteiger charge is -2.24. The highest BCUT2D eigenvalue weighted by Gasteiger charge is 2.20. The van der Waals surface area contributed by atoms with Crippen molar-refractivity contribution in [3.05, 3.63) is 59.2 Å². The van der Waals surface area contributed by atoms with Gasteiger partial charge in [-0.25, -0.2) is 0 Å². The summed E-state index contributed by atoms with van der Waals surface area (Å²) in [7, 11) is 1.69. The third-order valence-corrected chi connectivity index (χ3v) is 6.05. The second kappa shape index (κ2) is 8.68. The van der Waals surface area contributed by atoms with Crippen LogP contribution in [0.1, 0.15) is 36.0 Å². The van der Waals surface area contributed by atoms with E-state index in [4.69, 9.17) is 4.74 Å². The molecule has 2 aliphatic rings. The zero-order valence-corrected chi connectivity index (χ0v) is 16.8. The van der Waals surface area contributed by atoms with Gasteiger partial charge >= 0.3 is 0 Å². The van der Waals surface area contributed by atoms with Crippen molar-refractivity contribution in [3.8, 4) is 5.75 Å². The van der Waals surface area contributed by atoms with Gasteiger partial charge in [0.15, 0.2) is 0 Å². The highest BCUT2D eigenvalue weighted by atomic mass is 16.5. The molecular weight excluding hydrogens is 348 g/mol. The van der Waals surface area contributed by atoms with Gasteiger partial charge in [-0.1, -0.05) is 18.2 Å². The predicted molar refractivity (Wildman–Crippen MR) is 113 cm³/mol. The number of hydrogen-bond donors (Lipinski definition) is 0. The van der Waals surface area contributed by atoms with Crippen molar-refractivity contribution in [2.45, 2.75) is 38.5 Å². The van der Waals surface area contributed by atoms with Crippen molar-refractivity contribution >= 4 is 11.6 Å². The van der Waals surface area contributed by atoms with Crippen molar-refractivity contribution in [2.75, 3.05) is 38.2 Å². The van der Waals surface area contributed by atoms with E-state index in [0.717, 1.165) is 44.8 Å². The number of carbonyl (C=O) groups excluding carboxylic acids is 1. The molecule has 2 aromatic rings. The molecule has 1 aliphatic carbocycles. The van der Waals surface area contributed by atoms with E-state index in [9.17, 15) is 4.79 Å². The van der Waals surface area contributed by atoms with Gasteiger partial charge in [0.1, 0.15) is 5.75 Å². The molecule has 0 spiro atoms. The Morgan fingerprint density at radius 2 is 1.68 bits per heavy atom. The molecule has 0 N–H and O–H groups in total. The average molecular weight is 379 g/mol. The van der Waals surface area contributed by atoms with Gasteiger partial charge in [0.2, 0.25) is 5.91 Å². The summed E-state index contributed by atoms with van der Waals surface area (Å²) in [5.41, 5.74) is 5.30. The molecule has 1 aliphatic heterocycles. The Bertz CT molecular complexity index is 816. The molecular formula is C24H30N2O2. The summed E-state index contributed by atoms with van der Waals surface area (Å²) in [6.45, 7) is 3.49. The number of rotatable bonds is 4. The Morgan fingerprint density at radius 3 is 2.46 bits per heavy atom. The van der Waals surface area contributed by atoms with Crippen LogP contribution in [-0.2, 0) is 24.1 Å². The number of amides is 1. The number of benzene rings is 2. The van der Waals surface area contributed by atoms with Crippen LogP contribution in [0.4, 0.5) is 5.69 Å². The molecule has 148 valence electrons. The van der Waals surface area contributed by atoms with Crippen molar-refractivity contribution in [1.82, 2.24) is 4.90 Å². The van der Waals surface area contributed by atoms with Crippen LogP contribution in [0.15, 0.2) is 42.5 Å². The molecule has 1 saturated heterocycles. The number of nitrogens with zero attached hydrogens (tertiary/aromatic N) is 2. The molecule has 0 unspecified atom stereocenters. The molecule has 4 rings (SSSR count). The van der Waals surface area contributed by atoms with Crippen molar-refractivity contribution in [3.63, 3.8) is 0 Å². The lowest BCUT2D eigenvalue weighted by Crippen LogP contribution is -2.36. The number of carbonyl (C=O) groups is 1. The molecule has 1 amide bonds. The van der Waals surface area contributed by atoms with Gasteiger partial charge in [-0.05, 0) is 73.1 Å². The van der Waals surface area contributed by atoms with Crippen LogP contribution in [-0.4, -0.2) is 44.1 Å². The third kappa shape index (κ3) is 4.32. The summed E-state index contributed by atoms with van der Waals surface area (Å²) >= 11 is 0. The fourth-order valence-corrected chi connectivity index (χ4v) is 4.40. The minimum atomic E-state index is 0.257. The Hall–Kier alpha value is -2.49. The monoisotopic (exact) mass is 378 g/mol. The number of anilines is 1. The number of hydrogen-bond acceptors (Lipinski definition) is 3. The zero-order valence-electron chi connectivity index (χ0n) is 16.8. The number of ether oxygens (including phenoxy) is 1. The van der Waals surface area contributed by atoms with Gasteiger partial charge < -0.3 is 14.5 Å². The zero-order chi connectivity index (χ0) is 19.3. The fourth-order valence-electron chi connectivity index (χ4n) is 4.40. The molecule has 0 saturated carbocycles. The summed E-state index contributed by atoms with van der Waals surface area (Å²) in [6.07, 6.45) is 6.45. The Kier molecular flexibility index (Phi) is 5.84. The molecule has 1 fully saturated rings. The lowest BCUT2D eigenvalue weighted by atomic mass is 9.90. The van der Waals surface area contributed by atoms with Crippen LogP contribution in [0, 0.1) is 0 Å². The lowest BCUT2D eigenvalue weighted by molar-refractivity contribution is -0.130. The van der Waals surface area contributed by atoms with E-state index in [2.05, 4.69) is 35.2 Å². The van der Waals surface area contributed by atoms with Crippen molar-refractivity contribution in [2.24, 2.45) is 0 Å². The second-order valence-corrected chi connectivity index (χ2v) is 7.91. The highest BCUT2D eigenvalue weighted by Crippen LogP contribution is 2.23. The Labute approximate surface area is 168 Å². The first-order valence-electron chi connectivity index (χ1n) is 10.5. The highest BCUT2D eigenvalue weighted by molar-refractivity contribution is 5.79. The summed E-state index contributed by atoms with van der Waals surface area (Å²) in [4.78, 5) is 17.3. The third-order valence-electron chi connectivity index (χ3n) is 6.05. The van der Waals surface area contributed by atoms with E-state index in [1.807, 2.05) is 17.0 Å². The SMILES string of the molecule is COc1ccc(N2CCCN(C(=O)Cc3ccc4c(c3)CCCC4)CC2)cc1. The van der Waals surface area contributed by atoms with Crippen LogP contribution in [0.25, 0.3) is 0 Å². The van der Waals surface area contributed by atoms with E-state index in [0.29, 0.717) is 6.42 Å². The van der Waals surface area contributed by atoms with Crippen LogP contribution in [0.3, 0.4) is 0 Å². The molecule has 0 radical (unpaired) electrons. The van der Waals surface area contributed by atoms with Gasteiger partial charge in [-0.2, -0.15) is 0 Å². The average Bonchev–Trinajstić information content (AvgIpc) is 3.00. The first kappa shape index (κ1) is 18.9. The molecule has 1 heterocycles. The first-order chi connectivity index (χ1) is 13.7. The van der Waals surface area contributed by atoms with E-state index in [-0.39, 0.29) is 5.91 Å². The largest absolute Gasteiger partial charge is 0.497 e. The first-order valence-corrected chi connectivity index (χ1v) is 10.5.